The number of nitrogens with two attached hydrogens (primary N) is 1. The average Bonchev–Trinajstić information content (AvgIpc) is 2.71. The molecule has 0 aliphatic rings. The molecule has 3 N–H and O–H groups in total. The van der Waals surface area contributed by atoms with Gasteiger partial charge >= 0.3 is 5.97 Å². The van der Waals surface area contributed by atoms with E-state index in [1.165, 1.54) is 18.8 Å². The van der Waals surface area contributed by atoms with Gasteiger partial charge in [0.2, 0.25) is 5.95 Å². The lowest BCUT2D eigenvalue weighted by Crippen LogP contribution is -2.36. The van der Waals surface area contributed by atoms with Gasteiger partial charge in [0.05, 0.1) is 25.3 Å². The molecule has 0 aliphatic carbocycles. The Bertz CT molecular complexity index is 676. The van der Waals surface area contributed by atoms with E-state index in [-0.39, 0.29) is 5.95 Å². The number of carbonyl (C=O) groups is 1. The summed E-state index contributed by atoms with van der Waals surface area (Å²) in [5.74, 6) is 0.126. The number of rotatable bonds is 4. The van der Waals surface area contributed by atoms with E-state index in [1.807, 2.05) is 0 Å². The lowest BCUT2D eigenvalue weighted by molar-refractivity contribution is -0.145. The van der Waals surface area contributed by atoms with Crippen molar-refractivity contribution in [2.24, 2.45) is 0 Å². The summed E-state index contributed by atoms with van der Waals surface area (Å²) in [4.78, 5) is 15.6. The van der Waals surface area contributed by atoms with Crippen LogP contribution in [0.1, 0.15) is 13.8 Å². The molecule has 0 radical (unpaired) electrons. The molecule has 0 saturated carbocycles. The number of ether oxygens (including phenoxy) is 2. The van der Waals surface area contributed by atoms with Crippen LogP contribution in [0.25, 0.3) is 11.0 Å². The Balaban J connectivity index is 2.80. The van der Waals surface area contributed by atoms with Crippen LogP contribution in [0.15, 0.2) is 12.1 Å². The summed E-state index contributed by atoms with van der Waals surface area (Å²) in [7, 11) is 3.03. The van der Waals surface area contributed by atoms with Crippen molar-refractivity contribution in [3.05, 3.63) is 12.1 Å². The van der Waals surface area contributed by atoms with Crippen LogP contribution in [0.5, 0.6) is 11.5 Å². The van der Waals surface area contributed by atoms with Crippen molar-refractivity contribution in [3.8, 4) is 11.5 Å². The van der Waals surface area contributed by atoms with Gasteiger partial charge in [0.15, 0.2) is 11.5 Å². The molecular formula is C13H17N3O4. The number of hydrogen-bond acceptors (Lipinski definition) is 5. The summed E-state index contributed by atoms with van der Waals surface area (Å²) in [5.41, 5.74) is 5.77. The van der Waals surface area contributed by atoms with Gasteiger partial charge in [-0.3, -0.25) is 4.57 Å². The number of carboxylic acid groups (broad SMARTS) is 1. The monoisotopic (exact) mass is 279 g/mol. The molecule has 0 aliphatic heterocycles. The van der Waals surface area contributed by atoms with Crippen LogP contribution in [0.4, 0.5) is 5.95 Å². The Kier molecular flexibility index (Phi) is 3.21. The number of hydrogen-bond donors (Lipinski definition) is 2. The zero-order valence-corrected chi connectivity index (χ0v) is 11.8. The fraction of sp³-hybridized carbons (Fsp3) is 0.385. The van der Waals surface area contributed by atoms with Crippen LogP contribution < -0.4 is 15.2 Å². The van der Waals surface area contributed by atoms with Crippen LogP contribution in [0.2, 0.25) is 0 Å². The third kappa shape index (κ3) is 1.91. The van der Waals surface area contributed by atoms with E-state index in [2.05, 4.69) is 4.98 Å². The highest BCUT2D eigenvalue weighted by molar-refractivity contribution is 5.86. The molecule has 1 aromatic heterocycles. The summed E-state index contributed by atoms with van der Waals surface area (Å²) in [6.07, 6.45) is 0. The van der Waals surface area contributed by atoms with Crippen LogP contribution in [-0.2, 0) is 10.3 Å². The third-order valence-electron chi connectivity index (χ3n) is 3.27. The molecule has 7 heteroatoms. The smallest absolute Gasteiger partial charge is 0.329 e. The molecule has 7 nitrogen and oxygen atoms in total. The number of aromatic nitrogens is 2. The Morgan fingerprint density at radius 3 is 2.35 bits per heavy atom. The first-order chi connectivity index (χ1) is 9.32. The maximum Gasteiger partial charge on any atom is 0.329 e. The summed E-state index contributed by atoms with van der Waals surface area (Å²) in [5, 5.41) is 9.36. The quantitative estimate of drug-likeness (QED) is 0.878. The van der Waals surface area contributed by atoms with E-state index in [9.17, 15) is 9.90 Å². The van der Waals surface area contributed by atoms with Crippen LogP contribution >= 0.6 is 0 Å². The van der Waals surface area contributed by atoms with Gasteiger partial charge in [-0.05, 0) is 13.8 Å². The van der Waals surface area contributed by atoms with Crippen molar-refractivity contribution >= 4 is 23.0 Å². The van der Waals surface area contributed by atoms with Crippen LogP contribution in [0.3, 0.4) is 0 Å². The highest BCUT2D eigenvalue weighted by Crippen LogP contribution is 2.35. The van der Waals surface area contributed by atoms with Crippen LogP contribution in [0, 0.1) is 0 Å². The Labute approximate surface area is 115 Å². The predicted molar refractivity (Wildman–Crippen MR) is 74.2 cm³/mol. The van der Waals surface area contributed by atoms with Crippen molar-refractivity contribution in [2.45, 2.75) is 19.4 Å². The number of nitrogens with zero attached hydrogens (tertiary/aromatic N) is 2. The Hall–Kier alpha value is -2.44. The number of benzene rings is 1. The maximum absolute atomic E-state index is 11.4. The molecule has 108 valence electrons. The number of anilines is 1. The largest absolute Gasteiger partial charge is 0.493 e. The number of carboxylic acids is 1. The second kappa shape index (κ2) is 4.59. The summed E-state index contributed by atoms with van der Waals surface area (Å²) in [6, 6.07) is 3.33. The van der Waals surface area contributed by atoms with E-state index in [0.29, 0.717) is 22.5 Å². The molecular weight excluding hydrogens is 262 g/mol. The topological polar surface area (TPSA) is 99.6 Å². The minimum Gasteiger partial charge on any atom is -0.493 e. The van der Waals surface area contributed by atoms with Crippen molar-refractivity contribution in [3.63, 3.8) is 0 Å². The maximum atomic E-state index is 11.4. The highest BCUT2D eigenvalue weighted by atomic mass is 16.5. The normalized spacial score (nSPS) is 11.6. The predicted octanol–water partition coefficient (Wildman–Crippen LogP) is 1.46. The first-order valence-corrected chi connectivity index (χ1v) is 5.96. The highest BCUT2D eigenvalue weighted by Gasteiger charge is 2.33. The van der Waals surface area contributed by atoms with E-state index < -0.39 is 11.5 Å². The molecule has 0 fully saturated rings. The second-order valence-electron chi connectivity index (χ2n) is 4.87. The molecule has 2 aromatic rings. The van der Waals surface area contributed by atoms with E-state index in [0.717, 1.165) is 0 Å². The fourth-order valence-corrected chi connectivity index (χ4v) is 2.11. The summed E-state index contributed by atoms with van der Waals surface area (Å²) in [6.45, 7) is 3.12. The van der Waals surface area contributed by atoms with Crippen LogP contribution in [-0.4, -0.2) is 34.8 Å². The van der Waals surface area contributed by atoms with Gasteiger partial charge in [-0.2, -0.15) is 0 Å². The Morgan fingerprint density at radius 1 is 1.30 bits per heavy atom. The lowest BCUT2D eigenvalue weighted by atomic mass is 10.1. The molecule has 0 amide bonds. The Morgan fingerprint density at radius 2 is 1.85 bits per heavy atom. The zero-order valence-electron chi connectivity index (χ0n) is 11.8. The number of imidazole rings is 1. The van der Waals surface area contributed by atoms with Gasteiger partial charge in [-0.25, -0.2) is 9.78 Å². The molecule has 0 bridgehead atoms. The molecule has 0 unspecified atom stereocenters. The molecule has 0 spiro atoms. The van der Waals surface area contributed by atoms with E-state index >= 15 is 0 Å². The van der Waals surface area contributed by atoms with Crippen molar-refractivity contribution in [2.75, 3.05) is 20.0 Å². The van der Waals surface area contributed by atoms with E-state index in [1.54, 1.807) is 26.0 Å². The van der Waals surface area contributed by atoms with Crippen molar-refractivity contribution in [1.29, 1.82) is 0 Å². The molecule has 20 heavy (non-hydrogen) atoms. The van der Waals surface area contributed by atoms with Gasteiger partial charge in [0, 0.05) is 12.1 Å². The van der Waals surface area contributed by atoms with Gasteiger partial charge in [0.1, 0.15) is 5.54 Å². The molecule has 2 rings (SSSR count). The summed E-state index contributed by atoms with van der Waals surface area (Å²) < 4.78 is 11.9. The molecule has 0 atom stereocenters. The number of methoxy groups -OCH3 is 2. The SMILES string of the molecule is COc1cc2nc(N)n(C(C)(C)C(=O)O)c2cc1OC. The number of aliphatic carboxylic acids is 1. The molecule has 1 aromatic carbocycles. The molecule has 0 saturated heterocycles. The first kappa shape index (κ1) is 14.0. The van der Waals surface area contributed by atoms with Crippen molar-refractivity contribution < 1.29 is 19.4 Å². The van der Waals surface area contributed by atoms with Gasteiger partial charge < -0.3 is 20.3 Å². The minimum absolute atomic E-state index is 0.128. The fourth-order valence-electron chi connectivity index (χ4n) is 2.11. The standard InChI is InChI=1S/C13H17N3O4/c1-13(2,11(17)18)16-8-6-10(20-4)9(19-3)5-7(8)15-12(16)14/h5-6H,1-4H3,(H2,14,15)(H,17,18). The van der Waals surface area contributed by atoms with Gasteiger partial charge in [0.25, 0.3) is 0 Å². The summed E-state index contributed by atoms with van der Waals surface area (Å²) >= 11 is 0. The average molecular weight is 279 g/mol. The first-order valence-electron chi connectivity index (χ1n) is 5.96. The molecule has 1 heterocycles. The number of nitrogen functional groups attached to an aromatic ring is 1. The number of fused-ring (bicyclic) bond motifs is 1. The minimum atomic E-state index is -1.22. The second-order valence-corrected chi connectivity index (χ2v) is 4.87. The third-order valence-corrected chi connectivity index (χ3v) is 3.27. The zero-order chi connectivity index (χ0) is 15.1. The van der Waals surface area contributed by atoms with Gasteiger partial charge in [-0.15, -0.1) is 0 Å². The lowest BCUT2D eigenvalue weighted by Gasteiger charge is -2.23. The van der Waals surface area contributed by atoms with E-state index in [4.69, 9.17) is 15.2 Å². The van der Waals surface area contributed by atoms with Gasteiger partial charge in [-0.1, -0.05) is 0 Å². The van der Waals surface area contributed by atoms with Crippen molar-refractivity contribution in [1.82, 2.24) is 9.55 Å².